The SMILES string of the molecule is O=C(CCCCCCCCC1CS1)N1CCOCC1. The van der Waals surface area contributed by atoms with Gasteiger partial charge < -0.3 is 9.64 Å². The lowest BCUT2D eigenvalue weighted by atomic mass is 10.1. The molecule has 2 aliphatic rings. The van der Waals surface area contributed by atoms with Crippen LogP contribution in [0.15, 0.2) is 0 Å². The Bertz CT molecular complexity index is 263. The maximum Gasteiger partial charge on any atom is 0.222 e. The molecular formula is C15H27NO2S. The Morgan fingerprint density at radius 3 is 2.37 bits per heavy atom. The first-order chi connectivity index (χ1) is 9.36. The number of nitrogens with zero attached hydrogens (tertiary/aromatic N) is 1. The molecule has 2 saturated heterocycles. The number of hydrogen-bond donors (Lipinski definition) is 0. The summed E-state index contributed by atoms with van der Waals surface area (Å²) >= 11 is 2.11. The van der Waals surface area contributed by atoms with Crippen LogP contribution >= 0.6 is 11.8 Å². The van der Waals surface area contributed by atoms with Crippen molar-refractivity contribution < 1.29 is 9.53 Å². The Balaban J connectivity index is 1.37. The van der Waals surface area contributed by atoms with Gasteiger partial charge in [0, 0.05) is 30.5 Å². The molecule has 110 valence electrons. The minimum absolute atomic E-state index is 0.328. The van der Waals surface area contributed by atoms with E-state index in [0.717, 1.165) is 31.2 Å². The fourth-order valence-corrected chi connectivity index (χ4v) is 3.20. The van der Waals surface area contributed by atoms with Crippen molar-refractivity contribution in [2.75, 3.05) is 32.1 Å². The largest absolute Gasteiger partial charge is 0.378 e. The second-order valence-electron chi connectivity index (χ2n) is 5.61. The Labute approximate surface area is 121 Å². The van der Waals surface area contributed by atoms with Crippen LogP contribution in [0.25, 0.3) is 0 Å². The average molecular weight is 285 g/mol. The second-order valence-corrected chi connectivity index (χ2v) is 6.94. The van der Waals surface area contributed by atoms with Crippen LogP contribution in [0.1, 0.15) is 51.4 Å². The zero-order chi connectivity index (χ0) is 13.3. The van der Waals surface area contributed by atoms with E-state index in [0.29, 0.717) is 19.1 Å². The van der Waals surface area contributed by atoms with Gasteiger partial charge in [-0.2, -0.15) is 11.8 Å². The molecule has 1 amide bonds. The van der Waals surface area contributed by atoms with Gasteiger partial charge in [-0.25, -0.2) is 0 Å². The van der Waals surface area contributed by atoms with Crippen molar-refractivity contribution in [2.45, 2.75) is 56.6 Å². The van der Waals surface area contributed by atoms with Gasteiger partial charge in [0.25, 0.3) is 0 Å². The summed E-state index contributed by atoms with van der Waals surface area (Å²) in [7, 11) is 0. The van der Waals surface area contributed by atoms with Gasteiger partial charge in [0.1, 0.15) is 0 Å². The van der Waals surface area contributed by atoms with E-state index in [1.54, 1.807) is 0 Å². The molecule has 0 aromatic rings. The lowest BCUT2D eigenvalue weighted by molar-refractivity contribution is -0.135. The molecule has 0 radical (unpaired) electrons. The molecular weight excluding hydrogens is 258 g/mol. The highest BCUT2D eigenvalue weighted by Gasteiger charge is 2.20. The standard InChI is InChI=1S/C15H27NO2S/c17-15(16-9-11-18-12-10-16)8-6-4-2-1-3-5-7-14-13-19-14/h14H,1-13H2. The van der Waals surface area contributed by atoms with Crippen molar-refractivity contribution in [2.24, 2.45) is 0 Å². The van der Waals surface area contributed by atoms with Crippen LogP contribution in [-0.4, -0.2) is 48.1 Å². The van der Waals surface area contributed by atoms with E-state index >= 15 is 0 Å². The Hall–Kier alpha value is -0.220. The quantitative estimate of drug-likeness (QED) is 0.481. The number of hydrogen-bond acceptors (Lipinski definition) is 3. The summed E-state index contributed by atoms with van der Waals surface area (Å²) in [6, 6.07) is 0. The number of amides is 1. The molecule has 19 heavy (non-hydrogen) atoms. The summed E-state index contributed by atoms with van der Waals surface area (Å²) in [5.41, 5.74) is 0. The van der Waals surface area contributed by atoms with Gasteiger partial charge in [0.15, 0.2) is 0 Å². The maximum absolute atomic E-state index is 11.9. The highest BCUT2D eigenvalue weighted by atomic mass is 32.2. The molecule has 0 saturated carbocycles. The number of rotatable bonds is 9. The summed E-state index contributed by atoms with van der Waals surface area (Å²) < 4.78 is 5.26. The van der Waals surface area contributed by atoms with E-state index in [1.807, 2.05) is 4.90 Å². The zero-order valence-electron chi connectivity index (χ0n) is 11.9. The van der Waals surface area contributed by atoms with E-state index in [2.05, 4.69) is 11.8 Å². The van der Waals surface area contributed by atoms with Crippen molar-refractivity contribution in [1.82, 2.24) is 4.90 Å². The van der Waals surface area contributed by atoms with E-state index in [-0.39, 0.29) is 0 Å². The molecule has 0 aromatic heterocycles. The molecule has 1 unspecified atom stereocenters. The molecule has 2 fully saturated rings. The maximum atomic E-state index is 11.9. The summed E-state index contributed by atoms with van der Waals surface area (Å²) in [6.45, 7) is 3.01. The normalized spacial score (nSPS) is 22.5. The van der Waals surface area contributed by atoms with E-state index < -0.39 is 0 Å². The fourth-order valence-electron chi connectivity index (χ4n) is 2.56. The lowest BCUT2D eigenvalue weighted by Gasteiger charge is -2.26. The van der Waals surface area contributed by atoms with Crippen molar-refractivity contribution in [3.8, 4) is 0 Å². The third-order valence-corrected chi connectivity index (χ3v) is 4.97. The van der Waals surface area contributed by atoms with Crippen LogP contribution < -0.4 is 0 Å². The monoisotopic (exact) mass is 285 g/mol. The Morgan fingerprint density at radius 2 is 1.68 bits per heavy atom. The second kappa shape index (κ2) is 8.85. The van der Waals surface area contributed by atoms with Crippen molar-refractivity contribution in [1.29, 1.82) is 0 Å². The molecule has 0 N–H and O–H groups in total. The molecule has 4 heteroatoms. The summed E-state index contributed by atoms with van der Waals surface area (Å²) in [6.07, 6.45) is 9.89. The van der Waals surface area contributed by atoms with Gasteiger partial charge >= 0.3 is 0 Å². The van der Waals surface area contributed by atoms with Gasteiger partial charge in [-0.05, 0) is 12.8 Å². The predicted octanol–water partition coefficient (Wildman–Crippen LogP) is 3.08. The predicted molar refractivity (Wildman–Crippen MR) is 80.6 cm³/mol. The number of thioether (sulfide) groups is 1. The van der Waals surface area contributed by atoms with Gasteiger partial charge in [-0.3, -0.25) is 4.79 Å². The van der Waals surface area contributed by atoms with Crippen LogP contribution in [0.3, 0.4) is 0 Å². The van der Waals surface area contributed by atoms with E-state index in [9.17, 15) is 4.79 Å². The molecule has 2 aliphatic heterocycles. The summed E-state index contributed by atoms with van der Waals surface area (Å²) in [5, 5.41) is 1.01. The first-order valence-electron chi connectivity index (χ1n) is 7.83. The van der Waals surface area contributed by atoms with Gasteiger partial charge in [-0.1, -0.05) is 32.1 Å². The highest BCUT2D eigenvalue weighted by molar-refractivity contribution is 8.06. The average Bonchev–Trinajstić information content (AvgIpc) is 3.26. The highest BCUT2D eigenvalue weighted by Crippen LogP contribution is 2.34. The summed E-state index contributed by atoms with van der Waals surface area (Å²) in [4.78, 5) is 13.8. The molecule has 0 bridgehead atoms. The first kappa shape index (κ1) is 15.2. The Kier molecular flexibility index (Phi) is 7.07. The molecule has 3 nitrogen and oxygen atoms in total. The minimum atomic E-state index is 0.328. The molecule has 0 spiro atoms. The first-order valence-corrected chi connectivity index (χ1v) is 8.88. The molecule has 0 aliphatic carbocycles. The summed E-state index contributed by atoms with van der Waals surface area (Å²) in [5.74, 6) is 1.73. The number of ether oxygens (including phenoxy) is 1. The molecule has 2 heterocycles. The fraction of sp³-hybridized carbons (Fsp3) is 0.933. The smallest absolute Gasteiger partial charge is 0.222 e. The molecule has 1 atom stereocenters. The van der Waals surface area contributed by atoms with Crippen molar-refractivity contribution >= 4 is 17.7 Å². The lowest BCUT2D eigenvalue weighted by Crippen LogP contribution is -2.40. The number of carbonyl (C=O) groups is 1. The van der Waals surface area contributed by atoms with Gasteiger partial charge in [0.2, 0.25) is 5.91 Å². The Morgan fingerprint density at radius 1 is 1.05 bits per heavy atom. The van der Waals surface area contributed by atoms with E-state index in [4.69, 9.17) is 4.74 Å². The van der Waals surface area contributed by atoms with Crippen LogP contribution in [0.2, 0.25) is 0 Å². The van der Waals surface area contributed by atoms with Crippen molar-refractivity contribution in [3.63, 3.8) is 0 Å². The number of carbonyl (C=O) groups excluding carboxylic acids is 1. The van der Waals surface area contributed by atoms with Crippen LogP contribution in [0.5, 0.6) is 0 Å². The minimum Gasteiger partial charge on any atom is -0.378 e. The van der Waals surface area contributed by atoms with Crippen molar-refractivity contribution in [3.05, 3.63) is 0 Å². The van der Waals surface area contributed by atoms with Crippen LogP contribution in [0.4, 0.5) is 0 Å². The zero-order valence-corrected chi connectivity index (χ0v) is 12.8. The molecule has 2 rings (SSSR count). The van der Waals surface area contributed by atoms with Gasteiger partial charge in [0.05, 0.1) is 13.2 Å². The number of morpholine rings is 1. The van der Waals surface area contributed by atoms with E-state index in [1.165, 1.54) is 44.3 Å². The molecule has 0 aromatic carbocycles. The number of unbranched alkanes of at least 4 members (excludes halogenated alkanes) is 5. The third kappa shape index (κ3) is 6.66. The van der Waals surface area contributed by atoms with Crippen LogP contribution in [-0.2, 0) is 9.53 Å². The van der Waals surface area contributed by atoms with Gasteiger partial charge in [-0.15, -0.1) is 0 Å². The van der Waals surface area contributed by atoms with Crippen LogP contribution in [0, 0.1) is 0 Å². The topological polar surface area (TPSA) is 29.5 Å². The third-order valence-electron chi connectivity index (χ3n) is 3.93.